The summed E-state index contributed by atoms with van der Waals surface area (Å²) in [6.45, 7) is 9.78. The van der Waals surface area contributed by atoms with Gasteiger partial charge >= 0.3 is 0 Å². The molecule has 27 heavy (non-hydrogen) atoms. The highest BCUT2D eigenvalue weighted by molar-refractivity contribution is 5.88. The Hall–Kier alpha value is -3.09. The highest BCUT2D eigenvalue weighted by atomic mass is 16.6. The van der Waals surface area contributed by atoms with Gasteiger partial charge in [-0.3, -0.25) is 14.9 Å². The molecule has 0 fully saturated rings. The molecule has 0 bridgehead atoms. The molecular weight excluding hydrogens is 346 g/mol. The van der Waals surface area contributed by atoms with Crippen molar-refractivity contribution in [2.24, 2.45) is 0 Å². The zero-order valence-electron chi connectivity index (χ0n) is 15.8. The third kappa shape index (κ3) is 5.20. The van der Waals surface area contributed by atoms with Crippen LogP contribution in [0.1, 0.15) is 38.8 Å². The molecule has 0 saturated heterocycles. The Morgan fingerprint density at radius 3 is 2.63 bits per heavy atom. The lowest BCUT2D eigenvalue weighted by atomic mass is 10.0. The first kappa shape index (κ1) is 20.2. The van der Waals surface area contributed by atoms with Crippen LogP contribution >= 0.6 is 0 Å². The van der Waals surface area contributed by atoms with Crippen LogP contribution in [0.5, 0.6) is 0 Å². The molecule has 1 N–H and O–H groups in total. The Morgan fingerprint density at radius 1 is 1.37 bits per heavy atom. The van der Waals surface area contributed by atoms with Gasteiger partial charge in [0.1, 0.15) is 11.7 Å². The summed E-state index contributed by atoms with van der Waals surface area (Å²) >= 11 is 0. The number of carbonyl (C=O) groups is 1. The molecular formula is C20H25N3O4. The van der Waals surface area contributed by atoms with Crippen molar-refractivity contribution in [1.82, 2.24) is 5.32 Å². The van der Waals surface area contributed by atoms with E-state index >= 15 is 0 Å². The van der Waals surface area contributed by atoms with Gasteiger partial charge in [-0.05, 0) is 39.3 Å². The highest BCUT2D eigenvalue weighted by Gasteiger charge is 2.33. The van der Waals surface area contributed by atoms with Crippen LogP contribution in [0.3, 0.4) is 0 Å². The van der Waals surface area contributed by atoms with E-state index < -0.39 is 16.5 Å². The van der Waals surface area contributed by atoms with E-state index in [1.54, 1.807) is 35.2 Å². The van der Waals surface area contributed by atoms with Crippen molar-refractivity contribution in [3.8, 4) is 0 Å². The van der Waals surface area contributed by atoms with Crippen LogP contribution < -0.4 is 10.2 Å². The molecule has 0 saturated carbocycles. The number of nitrogens with zero attached hydrogens (tertiary/aromatic N) is 2. The second-order valence-corrected chi connectivity index (χ2v) is 7.22. The first-order valence-corrected chi connectivity index (χ1v) is 8.69. The summed E-state index contributed by atoms with van der Waals surface area (Å²) in [5.41, 5.74) is 0.489. The Bertz CT molecular complexity index is 794. The molecule has 1 aromatic carbocycles. The minimum atomic E-state index is -0.774. The number of nitro benzene ring substituents is 1. The van der Waals surface area contributed by atoms with Crippen LogP contribution in [0.4, 0.5) is 11.4 Å². The van der Waals surface area contributed by atoms with E-state index in [9.17, 15) is 14.9 Å². The summed E-state index contributed by atoms with van der Waals surface area (Å²) in [6.07, 6.45) is 5.25. The zero-order chi connectivity index (χ0) is 20.0. The van der Waals surface area contributed by atoms with E-state index in [1.807, 2.05) is 20.8 Å². The third-order valence-electron chi connectivity index (χ3n) is 3.88. The summed E-state index contributed by atoms with van der Waals surface area (Å²) in [6, 6.07) is 7.34. The van der Waals surface area contributed by atoms with Crippen LogP contribution in [-0.4, -0.2) is 22.9 Å². The molecule has 0 aliphatic rings. The summed E-state index contributed by atoms with van der Waals surface area (Å²) in [5, 5.41) is 14.5. The summed E-state index contributed by atoms with van der Waals surface area (Å²) in [4.78, 5) is 26.0. The predicted octanol–water partition coefficient (Wildman–Crippen LogP) is 4.23. The van der Waals surface area contributed by atoms with Gasteiger partial charge in [0.25, 0.3) is 5.69 Å². The maximum Gasteiger partial charge on any atom is 0.292 e. The number of furan rings is 1. The van der Waals surface area contributed by atoms with E-state index in [2.05, 4.69) is 11.9 Å². The molecule has 0 aliphatic carbocycles. The minimum absolute atomic E-state index is 0.0568. The minimum Gasteiger partial charge on any atom is -0.472 e. The smallest absolute Gasteiger partial charge is 0.292 e. The third-order valence-corrected chi connectivity index (χ3v) is 3.88. The Balaban J connectivity index is 2.57. The summed E-state index contributed by atoms with van der Waals surface area (Å²) in [5.74, 6) is -0.258. The molecule has 0 aliphatic heterocycles. The fraction of sp³-hybridized carbons (Fsp3) is 0.350. The largest absolute Gasteiger partial charge is 0.472 e. The number of hydrogen-bond donors (Lipinski definition) is 1. The monoisotopic (exact) mass is 371 g/mol. The number of anilines is 1. The lowest BCUT2D eigenvalue weighted by Crippen LogP contribution is -2.48. The zero-order valence-corrected chi connectivity index (χ0v) is 15.8. The molecule has 0 spiro atoms. The average Bonchev–Trinajstić information content (AvgIpc) is 3.10. The van der Waals surface area contributed by atoms with E-state index in [4.69, 9.17) is 4.42 Å². The number of rotatable bonds is 8. The lowest BCUT2D eigenvalue weighted by molar-refractivity contribution is -0.384. The molecule has 0 radical (unpaired) electrons. The van der Waals surface area contributed by atoms with Crippen molar-refractivity contribution in [2.45, 2.75) is 38.8 Å². The van der Waals surface area contributed by atoms with Crippen LogP contribution in [0, 0.1) is 10.1 Å². The van der Waals surface area contributed by atoms with Gasteiger partial charge in [0.05, 0.1) is 17.4 Å². The van der Waals surface area contributed by atoms with Crippen molar-refractivity contribution in [3.63, 3.8) is 0 Å². The first-order valence-electron chi connectivity index (χ1n) is 8.69. The average molecular weight is 371 g/mol. The van der Waals surface area contributed by atoms with Crippen molar-refractivity contribution >= 4 is 17.3 Å². The molecule has 1 unspecified atom stereocenters. The van der Waals surface area contributed by atoms with Crippen molar-refractivity contribution < 1.29 is 14.1 Å². The van der Waals surface area contributed by atoms with Crippen LogP contribution in [0.2, 0.25) is 0 Å². The van der Waals surface area contributed by atoms with E-state index in [0.717, 1.165) is 0 Å². The van der Waals surface area contributed by atoms with E-state index in [1.165, 1.54) is 18.6 Å². The van der Waals surface area contributed by atoms with Gasteiger partial charge in [-0.1, -0.05) is 18.2 Å². The first-order chi connectivity index (χ1) is 12.7. The van der Waals surface area contributed by atoms with Gasteiger partial charge in [-0.25, -0.2) is 0 Å². The Labute approximate surface area is 158 Å². The topological polar surface area (TPSA) is 88.6 Å². The second kappa shape index (κ2) is 8.53. The maximum atomic E-state index is 13.1. The molecule has 7 heteroatoms. The number of amides is 1. The van der Waals surface area contributed by atoms with Crippen molar-refractivity contribution in [3.05, 3.63) is 71.2 Å². The molecule has 1 heterocycles. The lowest BCUT2D eigenvalue weighted by Gasteiger charge is -2.34. The highest BCUT2D eigenvalue weighted by Crippen LogP contribution is 2.35. The van der Waals surface area contributed by atoms with Crippen LogP contribution in [0.15, 0.2) is 59.9 Å². The Morgan fingerprint density at radius 2 is 2.07 bits per heavy atom. The Kier molecular flexibility index (Phi) is 6.39. The fourth-order valence-electron chi connectivity index (χ4n) is 2.82. The second-order valence-electron chi connectivity index (χ2n) is 7.22. The quantitative estimate of drug-likeness (QED) is 0.426. The van der Waals surface area contributed by atoms with E-state index in [0.29, 0.717) is 24.2 Å². The molecule has 2 rings (SSSR count). The number of nitro groups is 1. The van der Waals surface area contributed by atoms with Gasteiger partial charge in [-0.2, -0.15) is 0 Å². The standard InChI is InChI=1S/C20H25N3O4/c1-5-6-12-22(16-9-7-8-10-17(16)23(25)26)18(15-11-13-27-14-15)19(24)21-20(2,3)4/h5,7-11,13-14,18H,1,6,12H2,2-4H3,(H,21,24). The number of nitrogens with one attached hydrogen (secondary N) is 1. The fourth-order valence-corrected chi connectivity index (χ4v) is 2.82. The number of para-hydroxylation sites is 2. The summed E-state index contributed by atoms with van der Waals surface area (Å²) in [7, 11) is 0. The molecule has 2 aromatic rings. The van der Waals surface area contributed by atoms with Crippen LogP contribution in [-0.2, 0) is 4.79 Å². The van der Waals surface area contributed by atoms with Gasteiger partial charge in [0, 0.05) is 23.7 Å². The SMILES string of the molecule is C=CCCN(c1ccccc1[N+](=O)[O-])C(C(=O)NC(C)(C)C)c1ccoc1. The van der Waals surface area contributed by atoms with E-state index in [-0.39, 0.29) is 11.6 Å². The molecule has 1 amide bonds. The van der Waals surface area contributed by atoms with Gasteiger partial charge in [0.2, 0.25) is 5.91 Å². The van der Waals surface area contributed by atoms with Crippen molar-refractivity contribution in [1.29, 1.82) is 0 Å². The maximum absolute atomic E-state index is 13.1. The number of benzene rings is 1. The van der Waals surface area contributed by atoms with Crippen LogP contribution in [0.25, 0.3) is 0 Å². The molecule has 1 atom stereocenters. The van der Waals surface area contributed by atoms with Gasteiger partial charge in [0.15, 0.2) is 0 Å². The van der Waals surface area contributed by atoms with Gasteiger partial charge in [-0.15, -0.1) is 6.58 Å². The van der Waals surface area contributed by atoms with Gasteiger partial charge < -0.3 is 14.6 Å². The molecule has 7 nitrogen and oxygen atoms in total. The number of hydrogen-bond acceptors (Lipinski definition) is 5. The predicted molar refractivity (Wildman–Crippen MR) is 105 cm³/mol. The van der Waals surface area contributed by atoms with Crippen molar-refractivity contribution in [2.75, 3.05) is 11.4 Å². The normalized spacial score (nSPS) is 12.3. The summed E-state index contributed by atoms with van der Waals surface area (Å²) < 4.78 is 5.18. The number of carbonyl (C=O) groups excluding carboxylic acids is 1. The molecule has 1 aromatic heterocycles. The molecule has 144 valence electrons.